The summed E-state index contributed by atoms with van der Waals surface area (Å²) in [4.78, 5) is 25.0. The summed E-state index contributed by atoms with van der Waals surface area (Å²) in [6.07, 6.45) is -0.786. The normalized spacial score (nSPS) is 22.7. The Bertz CT molecular complexity index is 860. The fourth-order valence-corrected chi connectivity index (χ4v) is 2.96. The molecule has 1 aromatic heterocycles. The number of aliphatic hydroxyl groups excluding tert-OH is 2. The predicted molar refractivity (Wildman–Crippen MR) is 92.5 cm³/mol. The van der Waals surface area contributed by atoms with Gasteiger partial charge in [0.25, 0.3) is 5.56 Å². The lowest BCUT2D eigenvalue weighted by Crippen LogP contribution is -2.42. The monoisotopic (exact) mass is 362 g/mol. The first-order valence-electron chi connectivity index (χ1n) is 8.40. The zero-order chi connectivity index (χ0) is 18.7. The number of rotatable bonds is 6. The summed E-state index contributed by atoms with van der Waals surface area (Å²) in [5.74, 6) is 0. The van der Waals surface area contributed by atoms with Gasteiger partial charge < -0.3 is 19.7 Å². The Morgan fingerprint density at radius 3 is 2.65 bits per heavy atom. The van der Waals surface area contributed by atoms with E-state index in [0.29, 0.717) is 5.56 Å². The first-order valence-corrected chi connectivity index (χ1v) is 8.40. The third-order valence-corrected chi connectivity index (χ3v) is 4.39. The van der Waals surface area contributed by atoms with Crippen molar-refractivity contribution in [3.8, 4) is 0 Å². The van der Waals surface area contributed by atoms with Crippen LogP contribution in [0, 0.1) is 6.92 Å². The lowest BCUT2D eigenvalue weighted by Gasteiger charge is -2.17. The van der Waals surface area contributed by atoms with Gasteiger partial charge in [-0.25, -0.2) is 9.36 Å². The van der Waals surface area contributed by atoms with E-state index in [1.165, 1.54) is 10.8 Å². The van der Waals surface area contributed by atoms with Crippen molar-refractivity contribution in [3.05, 3.63) is 68.5 Å². The van der Waals surface area contributed by atoms with E-state index in [4.69, 9.17) is 9.47 Å². The average Bonchev–Trinajstić information content (AvgIpc) is 3.02. The quantitative estimate of drug-likeness (QED) is 0.757. The van der Waals surface area contributed by atoms with E-state index in [1.807, 2.05) is 30.3 Å². The SMILES string of the molecule is Cc1cn([C@H]2C[C@H](O)[C@@H](CO)O2)c(=O)n(COCc2ccccc2)c1=O. The van der Waals surface area contributed by atoms with Crippen LogP contribution >= 0.6 is 0 Å². The Kier molecular flexibility index (Phi) is 5.67. The Morgan fingerprint density at radius 2 is 2.00 bits per heavy atom. The van der Waals surface area contributed by atoms with Crippen LogP contribution in [0.1, 0.15) is 23.8 Å². The van der Waals surface area contributed by atoms with Crippen molar-refractivity contribution in [2.24, 2.45) is 0 Å². The molecule has 2 heterocycles. The number of aryl methyl sites for hydroxylation is 1. The molecule has 3 rings (SSSR count). The first kappa shape index (κ1) is 18.5. The lowest BCUT2D eigenvalue weighted by molar-refractivity contribution is -0.0472. The molecule has 26 heavy (non-hydrogen) atoms. The summed E-state index contributed by atoms with van der Waals surface area (Å²) in [5.41, 5.74) is 0.279. The highest BCUT2D eigenvalue weighted by Gasteiger charge is 2.35. The maximum absolute atomic E-state index is 12.7. The van der Waals surface area contributed by atoms with Crippen LogP contribution in [0.15, 0.2) is 46.1 Å². The molecular weight excluding hydrogens is 340 g/mol. The van der Waals surface area contributed by atoms with Gasteiger partial charge in [-0.3, -0.25) is 9.36 Å². The number of nitrogens with zero attached hydrogens (tertiary/aromatic N) is 2. The van der Waals surface area contributed by atoms with Crippen molar-refractivity contribution < 1.29 is 19.7 Å². The second kappa shape index (κ2) is 7.96. The van der Waals surface area contributed by atoms with Crippen LogP contribution in [0.5, 0.6) is 0 Å². The summed E-state index contributed by atoms with van der Waals surface area (Å²) in [7, 11) is 0. The number of benzene rings is 1. The molecule has 1 fully saturated rings. The van der Waals surface area contributed by atoms with E-state index in [9.17, 15) is 19.8 Å². The molecule has 1 aliphatic rings. The van der Waals surface area contributed by atoms with Gasteiger partial charge in [-0.1, -0.05) is 30.3 Å². The molecule has 2 N–H and O–H groups in total. The van der Waals surface area contributed by atoms with E-state index in [-0.39, 0.29) is 26.4 Å². The van der Waals surface area contributed by atoms with E-state index in [1.54, 1.807) is 6.92 Å². The van der Waals surface area contributed by atoms with Gasteiger partial charge in [-0.15, -0.1) is 0 Å². The third-order valence-electron chi connectivity index (χ3n) is 4.39. The maximum atomic E-state index is 12.7. The summed E-state index contributed by atoms with van der Waals surface area (Å²) < 4.78 is 13.3. The number of aliphatic hydroxyl groups is 2. The molecule has 2 aromatic rings. The van der Waals surface area contributed by atoms with Crippen LogP contribution in [0.25, 0.3) is 0 Å². The van der Waals surface area contributed by atoms with Gasteiger partial charge in [-0.2, -0.15) is 0 Å². The second-order valence-electron chi connectivity index (χ2n) is 6.31. The van der Waals surface area contributed by atoms with Crippen molar-refractivity contribution in [1.82, 2.24) is 9.13 Å². The first-order chi connectivity index (χ1) is 12.5. The van der Waals surface area contributed by atoms with Crippen LogP contribution in [-0.2, 0) is 22.8 Å². The van der Waals surface area contributed by atoms with Crippen LogP contribution in [0.4, 0.5) is 0 Å². The largest absolute Gasteiger partial charge is 0.394 e. The molecule has 0 unspecified atom stereocenters. The zero-order valence-electron chi connectivity index (χ0n) is 14.4. The highest BCUT2D eigenvalue weighted by molar-refractivity contribution is 5.13. The molecular formula is C18H22N2O6. The van der Waals surface area contributed by atoms with Gasteiger partial charge in [0.2, 0.25) is 0 Å². The van der Waals surface area contributed by atoms with Gasteiger partial charge in [0.15, 0.2) is 0 Å². The maximum Gasteiger partial charge on any atom is 0.335 e. The predicted octanol–water partition coefficient (Wildman–Crippen LogP) is 0.133. The minimum atomic E-state index is -0.869. The molecule has 0 amide bonds. The van der Waals surface area contributed by atoms with Gasteiger partial charge in [0, 0.05) is 18.2 Å². The minimum Gasteiger partial charge on any atom is -0.394 e. The molecule has 0 aliphatic carbocycles. The van der Waals surface area contributed by atoms with Crippen molar-refractivity contribution in [3.63, 3.8) is 0 Å². The second-order valence-corrected chi connectivity index (χ2v) is 6.31. The van der Waals surface area contributed by atoms with E-state index in [2.05, 4.69) is 0 Å². The molecule has 3 atom stereocenters. The molecule has 1 saturated heterocycles. The summed E-state index contributed by atoms with van der Waals surface area (Å²) in [6, 6.07) is 9.43. The Morgan fingerprint density at radius 1 is 1.27 bits per heavy atom. The minimum absolute atomic E-state index is 0.160. The van der Waals surface area contributed by atoms with Gasteiger partial charge in [0.1, 0.15) is 19.1 Å². The van der Waals surface area contributed by atoms with E-state index >= 15 is 0 Å². The van der Waals surface area contributed by atoms with Crippen LogP contribution < -0.4 is 11.2 Å². The molecule has 0 spiro atoms. The number of ether oxygens (including phenoxy) is 2. The highest BCUT2D eigenvalue weighted by Crippen LogP contribution is 2.27. The van der Waals surface area contributed by atoms with Crippen LogP contribution in [-0.4, -0.2) is 38.2 Å². The summed E-state index contributed by atoms with van der Waals surface area (Å²) >= 11 is 0. The molecule has 1 aromatic carbocycles. The van der Waals surface area contributed by atoms with E-state index < -0.39 is 29.7 Å². The molecule has 0 bridgehead atoms. The molecule has 8 heteroatoms. The van der Waals surface area contributed by atoms with Crippen LogP contribution in [0.3, 0.4) is 0 Å². The molecule has 0 saturated carbocycles. The van der Waals surface area contributed by atoms with Gasteiger partial charge in [-0.05, 0) is 12.5 Å². The number of aromatic nitrogens is 2. The average molecular weight is 362 g/mol. The van der Waals surface area contributed by atoms with Gasteiger partial charge >= 0.3 is 5.69 Å². The lowest BCUT2D eigenvalue weighted by atomic mass is 10.2. The highest BCUT2D eigenvalue weighted by atomic mass is 16.5. The smallest absolute Gasteiger partial charge is 0.335 e. The van der Waals surface area contributed by atoms with E-state index in [0.717, 1.165) is 10.1 Å². The Hall–Kier alpha value is -2.26. The van der Waals surface area contributed by atoms with Gasteiger partial charge in [0.05, 0.1) is 19.3 Å². The van der Waals surface area contributed by atoms with Crippen molar-refractivity contribution in [1.29, 1.82) is 0 Å². The molecule has 1 aliphatic heterocycles. The summed E-state index contributed by atoms with van der Waals surface area (Å²) in [6.45, 7) is 1.34. The fraction of sp³-hybridized carbons (Fsp3) is 0.444. The summed E-state index contributed by atoms with van der Waals surface area (Å²) in [5, 5.41) is 19.1. The Balaban J connectivity index is 1.81. The molecule has 0 radical (unpaired) electrons. The zero-order valence-corrected chi connectivity index (χ0v) is 14.4. The van der Waals surface area contributed by atoms with Crippen molar-refractivity contribution in [2.45, 2.75) is 45.1 Å². The van der Waals surface area contributed by atoms with Crippen LogP contribution in [0.2, 0.25) is 0 Å². The number of hydrogen-bond donors (Lipinski definition) is 2. The van der Waals surface area contributed by atoms with Crippen molar-refractivity contribution >= 4 is 0 Å². The standard InChI is InChI=1S/C18H22N2O6/c1-12-8-19(16-7-14(22)15(9-21)26-16)18(24)20(17(12)23)11-25-10-13-5-3-2-4-6-13/h2-6,8,14-16,21-22H,7,9-11H2,1H3/t14-,15+,16+/m0/s1. The molecule has 8 nitrogen and oxygen atoms in total. The Labute approximate surface area is 149 Å². The third kappa shape index (κ3) is 3.78. The topological polar surface area (TPSA) is 103 Å². The number of hydrogen-bond acceptors (Lipinski definition) is 6. The van der Waals surface area contributed by atoms with Crippen molar-refractivity contribution in [2.75, 3.05) is 6.61 Å². The molecule has 140 valence electrons. The fourth-order valence-electron chi connectivity index (χ4n) is 2.96.